The number of hydrogen-bond acceptors (Lipinski definition) is 4. The number of ether oxygens (including phenoxy) is 3. The molecule has 8 heteroatoms. The van der Waals surface area contributed by atoms with Crippen LogP contribution in [-0.4, -0.2) is 57.9 Å². The Morgan fingerprint density at radius 3 is 2.76 bits per heavy atom. The van der Waals surface area contributed by atoms with E-state index in [9.17, 15) is 8.78 Å². The monoisotopic (exact) mass is 413 g/mol. The van der Waals surface area contributed by atoms with Gasteiger partial charge < -0.3 is 24.4 Å². The molecule has 2 rings (SSSR count). The van der Waals surface area contributed by atoms with Crippen molar-refractivity contribution in [3.05, 3.63) is 23.8 Å². The van der Waals surface area contributed by atoms with Crippen LogP contribution in [0, 0.1) is 5.92 Å². The molecule has 0 aliphatic carbocycles. The van der Waals surface area contributed by atoms with E-state index in [0.717, 1.165) is 45.4 Å². The SMILES string of the molecule is CCCOc1ccc(CNC(=NC)N(C)CCC2CCOCC2)c(OC(F)F)c1. The third-order valence-electron chi connectivity index (χ3n) is 4.95. The number of rotatable bonds is 10. The van der Waals surface area contributed by atoms with Gasteiger partial charge in [-0.1, -0.05) is 6.92 Å². The molecule has 0 unspecified atom stereocenters. The molecule has 1 heterocycles. The third kappa shape index (κ3) is 8.04. The second kappa shape index (κ2) is 12.5. The van der Waals surface area contributed by atoms with Crippen LogP contribution in [0.4, 0.5) is 8.78 Å². The predicted molar refractivity (Wildman–Crippen MR) is 110 cm³/mol. The highest BCUT2D eigenvalue weighted by atomic mass is 19.3. The molecule has 0 amide bonds. The van der Waals surface area contributed by atoms with E-state index in [4.69, 9.17) is 14.2 Å². The van der Waals surface area contributed by atoms with E-state index in [1.54, 1.807) is 19.2 Å². The highest BCUT2D eigenvalue weighted by molar-refractivity contribution is 5.79. The van der Waals surface area contributed by atoms with Gasteiger partial charge in [-0.2, -0.15) is 8.78 Å². The summed E-state index contributed by atoms with van der Waals surface area (Å²) in [6.07, 6.45) is 4.11. The number of guanidine groups is 1. The number of benzene rings is 1. The summed E-state index contributed by atoms with van der Waals surface area (Å²) in [7, 11) is 3.69. The average molecular weight is 414 g/mol. The van der Waals surface area contributed by atoms with Crippen LogP contribution in [0.1, 0.15) is 38.2 Å². The Morgan fingerprint density at radius 1 is 1.34 bits per heavy atom. The van der Waals surface area contributed by atoms with E-state index in [1.807, 2.05) is 14.0 Å². The molecule has 1 aliphatic rings. The van der Waals surface area contributed by atoms with Crippen LogP contribution >= 0.6 is 0 Å². The van der Waals surface area contributed by atoms with Crippen molar-refractivity contribution in [2.75, 3.05) is 40.5 Å². The molecule has 1 aromatic rings. The second-order valence-corrected chi connectivity index (χ2v) is 7.16. The molecule has 0 aromatic heterocycles. The summed E-state index contributed by atoms with van der Waals surface area (Å²) >= 11 is 0. The molecule has 1 aromatic carbocycles. The molecule has 0 bridgehead atoms. The van der Waals surface area contributed by atoms with Crippen molar-refractivity contribution >= 4 is 5.96 Å². The van der Waals surface area contributed by atoms with Gasteiger partial charge >= 0.3 is 6.61 Å². The quantitative estimate of drug-likeness (QED) is 0.466. The van der Waals surface area contributed by atoms with Gasteiger partial charge in [0.05, 0.1) is 6.61 Å². The third-order valence-corrected chi connectivity index (χ3v) is 4.95. The topological polar surface area (TPSA) is 55.3 Å². The molecular formula is C21H33F2N3O3. The standard InChI is InChI=1S/C21H33F2N3O3/c1-4-11-28-18-6-5-17(19(14-18)29-20(22)23)15-25-21(24-2)26(3)10-7-16-8-12-27-13-9-16/h5-6,14,16,20H,4,7-13,15H2,1-3H3,(H,24,25). The first-order chi connectivity index (χ1) is 14.0. The van der Waals surface area contributed by atoms with Crippen molar-refractivity contribution in [2.45, 2.75) is 45.8 Å². The van der Waals surface area contributed by atoms with Crippen molar-refractivity contribution in [3.63, 3.8) is 0 Å². The van der Waals surface area contributed by atoms with E-state index >= 15 is 0 Å². The number of nitrogens with zero attached hydrogens (tertiary/aromatic N) is 2. The number of nitrogens with one attached hydrogen (secondary N) is 1. The van der Waals surface area contributed by atoms with E-state index in [1.165, 1.54) is 6.07 Å². The molecule has 6 nitrogen and oxygen atoms in total. The highest BCUT2D eigenvalue weighted by Gasteiger charge is 2.16. The first-order valence-electron chi connectivity index (χ1n) is 10.2. The zero-order valence-electron chi connectivity index (χ0n) is 17.6. The fourth-order valence-corrected chi connectivity index (χ4v) is 3.27. The zero-order valence-corrected chi connectivity index (χ0v) is 17.6. The molecule has 0 atom stereocenters. The minimum Gasteiger partial charge on any atom is -0.493 e. The van der Waals surface area contributed by atoms with E-state index < -0.39 is 6.61 Å². The van der Waals surface area contributed by atoms with Gasteiger partial charge in [-0.25, -0.2) is 0 Å². The number of halogens is 2. The lowest BCUT2D eigenvalue weighted by Gasteiger charge is -2.27. The van der Waals surface area contributed by atoms with Crippen LogP contribution in [-0.2, 0) is 11.3 Å². The van der Waals surface area contributed by atoms with Crippen molar-refractivity contribution in [1.29, 1.82) is 0 Å². The van der Waals surface area contributed by atoms with Gasteiger partial charge in [0.25, 0.3) is 0 Å². The van der Waals surface area contributed by atoms with Crippen LogP contribution in [0.2, 0.25) is 0 Å². The molecule has 1 saturated heterocycles. The van der Waals surface area contributed by atoms with Crippen LogP contribution in [0.25, 0.3) is 0 Å². The normalized spacial score (nSPS) is 15.4. The van der Waals surface area contributed by atoms with Crippen LogP contribution < -0.4 is 14.8 Å². The Hall–Kier alpha value is -2.09. The summed E-state index contributed by atoms with van der Waals surface area (Å²) in [5.41, 5.74) is 0.619. The van der Waals surface area contributed by atoms with Gasteiger partial charge in [-0.15, -0.1) is 0 Å². The predicted octanol–water partition coefficient (Wildman–Crippen LogP) is 3.90. The van der Waals surface area contributed by atoms with Crippen molar-refractivity contribution < 1.29 is 23.0 Å². The summed E-state index contributed by atoms with van der Waals surface area (Å²) in [5, 5.41) is 3.24. The van der Waals surface area contributed by atoms with Crippen molar-refractivity contribution in [2.24, 2.45) is 10.9 Å². The molecular weight excluding hydrogens is 380 g/mol. The number of hydrogen-bond donors (Lipinski definition) is 1. The summed E-state index contributed by atoms with van der Waals surface area (Å²) in [6, 6.07) is 5.02. The first-order valence-corrected chi connectivity index (χ1v) is 10.2. The molecule has 29 heavy (non-hydrogen) atoms. The summed E-state index contributed by atoms with van der Waals surface area (Å²) in [4.78, 5) is 6.37. The lowest BCUT2D eigenvalue weighted by Crippen LogP contribution is -2.39. The lowest BCUT2D eigenvalue weighted by atomic mass is 9.96. The molecule has 0 radical (unpaired) electrons. The van der Waals surface area contributed by atoms with Crippen LogP contribution in [0.5, 0.6) is 11.5 Å². The first kappa shape index (κ1) is 23.2. The summed E-state index contributed by atoms with van der Waals surface area (Å²) in [5.74, 6) is 2.02. The largest absolute Gasteiger partial charge is 0.493 e. The van der Waals surface area contributed by atoms with Crippen LogP contribution in [0.3, 0.4) is 0 Å². The Bertz CT molecular complexity index is 638. The summed E-state index contributed by atoms with van der Waals surface area (Å²) < 4.78 is 41.3. The molecule has 0 spiro atoms. The molecule has 0 saturated carbocycles. The molecule has 1 fully saturated rings. The van der Waals surface area contributed by atoms with Gasteiger partial charge in [-0.05, 0) is 43.7 Å². The Balaban J connectivity index is 1.94. The van der Waals surface area contributed by atoms with Gasteiger partial charge in [0.1, 0.15) is 11.5 Å². The maximum atomic E-state index is 12.8. The fourth-order valence-electron chi connectivity index (χ4n) is 3.27. The fraction of sp³-hybridized carbons (Fsp3) is 0.667. The molecule has 164 valence electrons. The van der Waals surface area contributed by atoms with Crippen LogP contribution in [0.15, 0.2) is 23.2 Å². The zero-order chi connectivity index (χ0) is 21.1. The number of alkyl halides is 2. The van der Waals surface area contributed by atoms with Crippen molar-refractivity contribution in [3.8, 4) is 11.5 Å². The van der Waals surface area contributed by atoms with Crippen molar-refractivity contribution in [1.82, 2.24) is 10.2 Å². The Kier molecular flexibility index (Phi) is 9.97. The molecule has 1 aliphatic heterocycles. The maximum absolute atomic E-state index is 12.8. The van der Waals surface area contributed by atoms with Gasteiger partial charge in [0, 0.05) is 52.0 Å². The van der Waals surface area contributed by atoms with E-state index in [0.29, 0.717) is 36.3 Å². The summed E-state index contributed by atoms with van der Waals surface area (Å²) in [6.45, 7) is 2.49. The van der Waals surface area contributed by atoms with Gasteiger partial charge in [-0.3, -0.25) is 4.99 Å². The Morgan fingerprint density at radius 2 is 2.10 bits per heavy atom. The van der Waals surface area contributed by atoms with E-state index in [-0.39, 0.29) is 5.75 Å². The lowest BCUT2D eigenvalue weighted by molar-refractivity contribution is -0.0505. The smallest absolute Gasteiger partial charge is 0.387 e. The minimum atomic E-state index is -2.89. The van der Waals surface area contributed by atoms with Gasteiger partial charge in [0.15, 0.2) is 5.96 Å². The second-order valence-electron chi connectivity index (χ2n) is 7.16. The highest BCUT2D eigenvalue weighted by Crippen LogP contribution is 2.27. The number of aliphatic imine (C=N–C) groups is 1. The maximum Gasteiger partial charge on any atom is 0.387 e. The van der Waals surface area contributed by atoms with E-state index in [2.05, 4.69) is 15.2 Å². The molecule has 1 N–H and O–H groups in total. The average Bonchev–Trinajstić information content (AvgIpc) is 2.72. The minimum absolute atomic E-state index is 0.112. The Labute approximate surface area is 172 Å². The van der Waals surface area contributed by atoms with Gasteiger partial charge in [0.2, 0.25) is 0 Å².